The maximum absolute atomic E-state index is 12.3. The first kappa shape index (κ1) is 16.8. The highest BCUT2D eigenvalue weighted by Crippen LogP contribution is 2.22. The molecule has 1 aliphatic rings. The SMILES string of the molecule is CCCN1CCN(C(=O)CSc2nc3ccc(Br)cc3[nH]2)CC1. The van der Waals surface area contributed by atoms with Crippen LogP contribution < -0.4 is 0 Å². The van der Waals surface area contributed by atoms with Gasteiger partial charge in [-0.1, -0.05) is 34.6 Å². The molecule has 0 radical (unpaired) electrons. The number of rotatable bonds is 5. The summed E-state index contributed by atoms with van der Waals surface area (Å²) in [5.41, 5.74) is 1.92. The number of aromatic amines is 1. The van der Waals surface area contributed by atoms with Gasteiger partial charge in [-0.3, -0.25) is 9.69 Å². The summed E-state index contributed by atoms with van der Waals surface area (Å²) in [5.74, 6) is 0.641. The molecule has 0 aliphatic carbocycles. The van der Waals surface area contributed by atoms with E-state index in [9.17, 15) is 4.79 Å². The van der Waals surface area contributed by atoms with Crippen LogP contribution in [0.2, 0.25) is 0 Å². The number of fused-ring (bicyclic) bond motifs is 1. The molecule has 1 N–H and O–H groups in total. The van der Waals surface area contributed by atoms with Crippen molar-refractivity contribution < 1.29 is 4.79 Å². The van der Waals surface area contributed by atoms with E-state index in [-0.39, 0.29) is 5.91 Å². The van der Waals surface area contributed by atoms with E-state index in [1.165, 1.54) is 18.2 Å². The number of thioether (sulfide) groups is 1. The van der Waals surface area contributed by atoms with Gasteiger partial charge in [0.05, 0.1) is 16.8 Å². The number of carbonyl (C=O) groups excluding carboxylic acids is 1. The first-order chi connectivity index (χ1) is 11.2. The maximum atomic E-state index is 12.3. The van der Waals surface area contributed by atoms with Gasteiger partial charge < -0.3 is 9.88 Å². The van der Waals surface area contributed by atoms with Gasteiger partial charge in [-0.15, -0.1) is 0 Å². The minimum Gasteiger partial charge on any atom is -0.339 e. The van der Waals surface area contributed by atoms with Crippen molar-refractivity contribution in [2.45, 2.75) is 18.5 Å². The Morgan fingerprint density at radius 3 is 2.87 bits per heavy atom. The van der Waals surface area contributed by atoms with E-state index >= 15 is 0 Å². The third-order valence-corrected chi connectivity index (χ3v) is 5.37. The highest BCUT2D eigenvalue weighted by molar-refractivity contribution is 9.10. The zero-order valence-corrected chi connectivity index (χ0v) is 15.6. The lowest BCUT2D eigenvalue weighted by Crippen LogP contribution is -2.49. The Kier molecular flexibility index (Phi) is 5.61. The molecule has 2 heterocycles. The van der Waals surface area contributed by atoms with Crippen LogP contribution in [0.1, 0.15) is 13.3 Å². The molecule has 124 valence electrons. The van der Waals surface area contributed by atoms with Crippen molar-refractivity contribution in [1.82, 2.24) is 19.8 Å². The molecule has 0 saturated carbocycles. The fraction of sp³-hybridized carbons (Fsp3) is 0.500. The molecule has 1 aliphatic heterocycles. The molecule has 0 atom stereocenters. The van der Waals surface area contributed by atoms with Crippen LogP contribution in [0.25, 0.3) is 11.0 Å². The molecule has 1 aromatic heterocycles. The zero-order valence-electron chi connectivity index (χ0n) is 13.2. The number of nitrogens with one attached hydrogen (secondary N) is 1. The smallest absolute Gasteiger partial charge is 0.233 e. The van der Waals surface area contributed by atoms with Crippen molar-refractivity contribution in [3.8, 4) is 0 Å². The van der Waals surface area contributed by atoms with E-state index in [4.69, 9.17) is 0 Å². The zero-order chi connectivity index (χ0) is 16.2. The fourth-order valence-corrected chi connectivity index (χ4v) is 3.93. The quantitative estimate of drug-likeness (QED) is 0.789. The van der Waals surface area contributed by atoms with Crippen LogP contribution in [0.5, 0.6) is 0 Å². The number of imidazole rings is 1. The van der Waals surface area contributed by atoms with Gasteiger partial charge >= 0.3 is 0 Å². The van der Waals surface area contributed by atoms with Crippen LogP contribution in [0, 0.1) is 0 Å². The van der Waals surface area contributed by atoms with Gasteiger partial charge in [-0.05, 0) is 31.2 Å². The van der Waals surface area contributed by atoms with Crippen molar-refractivity contribution >= 4 is 44.6 Å². The van der Waals surface area contributed by atoms with E-state index in [0.717, 1.165) is 53.4 Å². The highest BCUT2D eigenvalue weighted by Gasteiger charge is 2.20. The molecule has 0 spiro atoms. The van der Waals surface area contributed by atoms with E-state index in [0.29, 0.717) is 5.75 Å². The first-order valence-corrected chi connectivity index (χ1v) is 9.72. The summed E-state index contributed by atoms with van der Waals surface area (Å²) < 4.78 is 1.02. The molecule has 0 bridgehead atoms. The monoisotopic (exact) mass is 396 g/mol. The van der Waals surface area contributed by atoms with Crippen LogP contribution in [-0.4, -0.2) is 64.2 Å². The lowest BCUT2D eigenvalue weighted by Gasteiger charge is -2.34. The van der Waals surface area contributed by atoms with Gasteiger partial charge in [0.2, 0.25) is 5.91 Å². The van der Waals surface area contributed by atoms with Gasteiger partial charge in [0.15, 0.2) is 5.16 Å². The number of hydrogen-bond donors (Lipinski definition) is 1. The highest BCUT2D eigenvalue weighted by atomic mass is 79.9. The second-order valence-corrected chi connectivity index (χ2v) is 7.59. The second-order valence-electron chi connectivity index (χ2n) is 5.71. The summed E-state index contributed by atoms with van der Waals surface area (Å²) in [6.45, 7) is 6.98. The predicted octanol–water partition coefficient (Wildman–Crippen LogP) is 2.97. The summed E-state index contributed by atoms with van der Waals surface area (Å²) >= 11 is 4.93. The number of aromatic nitrogens is 2. The molecule has 5 nitrogen and oxygen atoms in total. The molecule has 1 aromatic carbocycles. The van der Waals surface area contributed by atoms with Crippen LogP contribution in [-0.2, 0) is 4.79 Å². The fourth-order valence-electron chi connectivity index (χ4n) is 2.79. The van der Waals surface area contributed by atoms with Crippen LogP contribution in [0.15, 0.2) is 27.8 Å². The Balaban J connectivity index is 1.52. The Labute approximate surface area is 148 Å². The number of amides is 1. The van der Waals surface area contributed by atoms with E-state index in [1.54, 1.807) is 0 Å². The summed E-state index contributed by atoms with van der Waals surface area (Å²) in [6.07, 6.45) is 1.17. The molecule has 2 aromatic rings. The molecular formula is C16H21BrN4OS. The third-order valence-electron chi connectivity index (χ3n) is 4.02. The minimum atomic E-state index is 0.202. The number of benzene rings is 1. The van der Waals surface area contributed by atoms with Crippen LogP contribution in [0.3, 0.4) is 0 Å². The van der Waals surface area contributed by atoms with Crippen LogP contribution in [0.4, 0.5) is 0 Å². The largest absolute Gasteiger partial charge is 0.339 e. The topological polar surface area (TPSA) is 52.2 Å². The first-order valence-electron chi connectivity index (χ1n) is 7.94. The predicted molar refractivity (Wildman–Crippen MR) is 97.8 cm³/mol. The molecule has 23 heavy (non-hydrogen) atoms. The number of halogens is 1. The Morgan fingerprint density at radius 2 is 2.13 bits per heavy atom. The molecule has 0 unspecified atom stereocenters. The minimum absolute atomic E-state index is 0.202. The van der Waals surface area contributed by atoms with Gasteiger partial charge in [-0.25, -0.2) is 4.98 Å². The number of hydrogen-bond acceptors (Lipinski definition) is 4. The standard InChI is InChI=1S/C16H21BrN4OS/c1-2-5-20-6-8-21(9-7-20)15(22)11-23-16-18-13-4-3-12(17)10-14(13)19-16/h3-4,10H,2,5-9,11H2,1H3,(H,18,19). The van der Waals surface area contributed by atoms with Crippen molar-refractivity contribution in [2.24, 2.45) is 0 Å². The second kappa shape index (κ2) is 7.68. The van der Waals surface area contributed by atoms with E-state index in [2.05, 4.69) is 37.7 Å². The molecule has 1 saturated heterocycles. The number of nitrogens with zero attached hydrogens (tertiary/aromatic N) is 3. The average Bonchev–Trinajstić information content (AvgIpc) is 2.95. The van der Waals surface area contributed by atoms with Gasteiger partial charge in [0, 0.05) is 30.7 Å². The summed E-state index contributed by atoms with van der Waals surface area (Å²) in [7, 11) is 0. The van der Waals surface area contributed by atoms with Crippen LogP contribution >= 0.6 is 27.7 Å². The molecular weight excluding hydrogens is 376 g/mol. The molecule has 3 rings (SSSR count). The number of H-pyrrole nitrogens is 1. The van der Waals surface area contributed by atoms with E-state index < -0.39 is 0 Å². The lowest BCUT2D eigenvalue weighted by molar-refractivity contribution is -0.130. The maximum Gasteiger partial charge on any atom is 0.233 e. The van der Waals surface area contributed by atoms with Crippen molar-refractivity contribution in [2.75, 3.05) is 38.5 Å². The molecule has 1 amide bonds. The third kappa shape index (κ3) is 4.28. The number of carbonyl (C=O) groups is 1. The van der Waals surface area contributed by atoms with Gasteiger partial charge in [-0.2, -0.15) is 0 Å². The normalized spacial score (nSPS) is 16.2. The summed E-state index contributed by atoms with van der Waals surface area (Å²) in [6, 6.07) is 5.94. The van der Waals surface area contributed by atoms with Gasteiger partial charge in [0.1, 0.15) is 0 Å². The Morgan fingerprint density at radius 1 is 1.35 bits per heavy atom. The summed E-state index contributed by atoms with van der Waals surface area (Å²) in [4.78, 5) is 24.5. The molecule has 7 heteroatoms. The average molecular weight is 397 g/mol. The van der Waals surface area contributed by atoms with E-state index in [1.807, 2.05) is 23.1 Å². The Bertz CT molecular complexity index is 682. The molecule has 1 fully saturated rings. The van der Waals surface area contributed by atoms with Gasteiger partial charge in [0.25, 0.3) is 0 Å². The van der Waals surface area contributed by atoms with Crippen molar-refractivity contribution in [3.63, 3.8) is 0 Å². The Hall–Kier alpha value is -1.05. The summed E-state index contributed by atoms with van der Waals surface area (Å²) in [5, 5.41) is 0.802. The lowest BCUT2D eigenvalue weighted by atomic mass is 10.3. The number of piperazine rings is 1. The van der Waals surface area contributed by atoms with Crippen molar-refractivity contribution in [3.05, 3.63) is 22.7 Å². The van der Waals surface area contributed by atoms with Crippen molar-refractivity contribution in [1.29, 1.82) is 0 Å².